The standard InChI is InChI=1S/C22H26N6O/c23-8-12-28-21-20(24-9-10-25-21)19(26-28)18-7-11-27(14-18)22(29)17-6-5-15-3-1-2-4-16(15)13-17/h5-6,9-10,13,18H,1-4,7-8,11-12,14,23H2/t18-/m0/s1. The van der Waals surface area contributed by atoms with Gasteiger partial charge in [0.25, 0.3) is 5.91 Å². The van der Waals surface area contributed by atoms with Gasteiger partial charge in [0.1, 0.15) is 5.52 Å². The molecule has 29 heavy (non-hydrogen) atoms. The van der Waals surface area contributed by atoms with Crippen molar-refractivity contribution in [2.45, 2.75) is 44.6 Å². The van der Waals surface area contributed by atoms with Crippen molar-refractivity contribution in [3.05, 3.63) is 53.0 Å². The largest absolute Gasteiger partial charge is 0.338 e. The quantitative estimate of drug-likeness (QED) is 0.738. The van der Waals surface area contributed by atoms with Crippen LogP contribution in [0.25, 0.3) is 11.2 Å². The number of nitrogens with two attached hydrogens (primary N) is 1. The van der Waals surface area contributed by atoms with E-state index in [2.05, 4.69) is 22.1 Å². The summed E-state index contributed by atoms with van der Waals surface area (Å²) in [6.07, 6.45) is 8.96. The summed E-state index contributed by atoms with van der Waals surface area (Å²) in [4.78, 5) is 24.0. The van der Waals surface area contributed by atoms with Gasteiger partial charge >= 0.3 is 0 Å². The molecule has 3 heterocycles. The number of rotatable bonds is 4. The van der Waals surface area contributed by atoms with Gasteiger partial charge in [-0.3, -0.25) is 4.79 Å². The van der Waals surface area contributed by atoms with Crippen LogP contribution in [-0.2, 0) is 19.4 Å². The van der Waals surface area contributed by atoms with Gasteiger partial charge in [-0.05, 0) is 55.4 Å². The third-order valence-electron chi connectivity index (χ3n) is 6.19. The van der Waals surface area contributed by atoms with Crippen molar-refractivity contribution < 1.29 is 4.79 Å². The number of hydrogen-bond donors (Lipinski definition) is 1. The Kier molecular flexibility index (Phi) is 4.75. The number of benzene rings is 1. The molecule has 1 fully saturated rings. The third kappa shape index (κ3) is 3.29. The van der Waals surface area contributed by atoms with Crippen LogP contribution in [-0.4, -0.2) is 50.2 Å². The zero-order chi connectivity index (χ0) is 19.8. The van der Waals surface area contributed by atoms with E-state index in [1.165, 1.54) is 24.0 Å². The molecule has 0 unspecified atom stereocenters. The fraction of sp³-hybridized carbons (Fsp3) is 0.455. The minimum Gasteiger partial charge on any atom is -0.338 e. The first-order valence-corrected chi connectivity index (χ1v) is 10.5. The zero-order valence-electron chi connectivity index (χ0n) is 16.5. The molecular weight excluding hydrogens is 364 g/mol. The number of carbonyl (C=O) groups excluding carboxylic acids is 1. The highest BCUT2D eigenvalue weighted by Gasteiger charge is 2.32. The molecule has 5 rings (SSSR count). The summed E-state index contributed by atoms with van der Waals surface area (Å²) in [5.74, 6) is 0.299. The van der Waals surface area contributed by atoms with Gasteiger partial charge < -0.3 is 10.6 Å². The van der Waals surface area contributed by atoms with Crippen molar-refractivity contribution >= 4 is 17.1 Å². The molecule has 0 bridgehead atoms. The van der Waals surface area contributed by atoms with Crippen molar-refractivity contribution in [2.24, 2.45) is 5.73 Å². The lowest BCUT2D eigenvalue weighted by atomic mass is 9.90. The Labute approximate surface area is 169 Å². The normalized spacial score (nSPS) is 18.9. The number of likely N-dealkylation sites (tertiary alicyclic amines) is 1. The molecular formula is C22H26N6O. The predicted octanol–water partition coefficient (Wildman–Crippen LogP) is 2.29. The van der Waals surface area contributed by atoms with E-state index in [1.807, 2.05) is 15.6 Å². The molecule has 0 saturated carbocycles. The van der Waals surface area contributed by atoms with E-state index >= 15 is 0 Å². The highest BCUT2D eigenvalue weighted by molar-refractivity contribution is 5.94. The highest BCUT2D eigenvalue weighted by Crippen LogP contribution is 2.31. The second-order valence-electron chi connectivity index (χ2n) is 8.05. The SMILES string of the molecule is NCCn1nc([C@H]2CCN(C(=O)c3ccc4c(c3)CCCC4)C2)c2nccnc21. The van der Waals surface area contributed by atoms with Gasteiger partial charge in [-0.25, -0.2) is 14.6 Å². The zero-order valence-corrected chi connectivity index (χ0v) is 16.5. The predicted molar refractivity (Wildman–Crippen MR) is 111 cm³/mol. The third-order valence-corrected chi connectivity index (χ3v) is 6.19. The van der Waals surface area contributed by atoms with Crippen LogP contribution in [0.5, 0.6) is 0 Å². The van der Waals surface area contributed by atoms with Crippen molar-refractivity contribution in [3.63, 3.8) is 0 Å². The molecule has 0 spiro atoms. The fourth-order valence-electron chi connectivity index (χ4n) is 4.70. The minimum atomic E-state index is 0.123. The first-order chi connectivity index (χ1) is 14.2. The maximum absolute atomic E-state index is 13.1. The van der Waals surface area contributed by atoms with Crippen LogP contribution in [0.2, 0.25) is 0 Å². The monoisotopic (exact) mass is 390 g/mol. The summed E-state index contributed by atoms with van der Waals surface area (Å²) in [7, 11) is 0. The molecule has 2 aromatic heterocycles. The van der Waals surface area contributed by atoms with Crippen LogP contribution >= 0.6 is 0 Å². The number of carbonyl (C=O) groups is 1. The van der Waals surface area contributed by atoms with Crippen molar-refractivity contribution in [3.8, 4) is 0 Å². The average molecular weight is 390 g/mol. The molecule has 7 heteroatoms. The van der Waals surface area contributed by atoms with E-state index in [1.54, 1.807) is 12.4 Å². The first kappa shape index (κ1) is 18.2. The van der Waals surface area contributed by atoms with Gasteiger partial charge in [-0.1, -0.05) is 6.07 Å². The van der Waals surface area contributed by atoms with Crippen molar-refractivity contribution in [1.82, 2.24) is 24.6 Å². The van der Waals surface area contributed by atoms with E-state index < -0.39 is 0 Å². The molecule has 7 nitrogen and oxygen atoms in total. The summed E-state index contributed by atoms with van der Waals surface area (Å²) in [6.45, 7) is 2.52. The Morgan fingerprint density at radius 3 is 2.83 bits per heavy atom. The first-order valence-electron chi connectivity index (χ1n) is 10.5. The van der Waals surface area contributed by atoms with Crippen molar-refractivity contribution in [2.75, 3.05) is 19.6 Å². The molecule has 2 N–H and O–H groups in total. The molecule has 0 radical (unpaired) electrons. The van der Waals surface area contributed by atoms with Gasteiger partial charge in [-0.15, -0.1) is 0 Å². The van der Waals surface area contributed by atoms with E-state index in [4.69, 9.17) is 10.8 Å². The Morgan fingerprint density at radius 2 is 1.97 bits per heavy atom. The second kappa shape index (κ2) is 7.55. The average Bonchev–Trinajstić information content (AvgIpc) is 3.39. The smallest absolute Gasteiger partial charge is 0.253 e. The number of hydrogen-bond acceptors (Lipinski definition) is 5. The Hall–Kier alpha value is -2.80. The molecule has 150 valence electrons. The number of aryl methyl sites for hydroxylation is 2. The lowest BCUT2D eigenvalue weighted by Gasteiger charge is -2.19. The number of nitrogens with zero attached hydrogens (tertiary/aromatic N) is 5. The van der Waals surface area contributed by atoms with Gasteiger partial charge in [0, 0.05) is 43.5 Å². The van der Waals surface area contributed by atoms with Crippen LogP contribution in [0, 0.1) is 0 Å². The molecule has 1 aromatic carbocycles. The molecule has 1 amide bonds. The van der Waals surface area contributed by atoms with Crippen LogP contribution < -0.4 is 5.73 Å². The second-order valence-corrected chi connectivity index (χ2v) is 8.05. The van der Waals surface area contributed by atoms with E-state index in [0.29, 0.717) is 19.6 Å². The minimum absolute atomic E-state index is 0.123. The van der Waals surface area contributed by atoms with Crippen molar-refractivity contribution in [1.29, 1.82) is 0 Å². The van der Waals surface area contributed by atoms with Crippen LogP contribution in [0.15, 0.2) is 30.6 Å². The number of aromatic nitrogens is 4. The maximum Gasteiger partial charge on any atom is 0.253 e. The van der Waals surface area contributed by atoms with E-state index in [0.717, 1.165) is 48.2 Å². The molecule has 1 atom stereocenters. The van der Waals surface area contributed by atoms with Gasteiger partial charge in [-0.2, -0.15) is 5.10 Å². The van der Waals surface area contributed by atoms with Crippen LogP contribution in [0.1, 0.15) is 52.4 Å². The summed E-state index contributed by atoms with van der Waals surface area (Å²) < 4.78 is 1.84. The maximum atomic E-state index is 13.1. The summed E-state index contributed by atoms with van der Waals surface area (Å²) in [5.41, 5.74) is 11.8. The number of amides is 1. The molecule has 1 aliphatic carbocycles. The van der Waals surface area contributed by atoms with Gasteiger partial charge in [0.15, 0.2) is 5.65 Å². The van der Waals surface area contributed by atoms with Crippen LogP contribution in [0.3, 0.4) is 0 Å². The van der Waals surface area contributed by atoms with Crippen LogP contribution in [0.4, 0.5) is 0 Å². The molecule has 1 saturated heterocycles. The Morgan fingerprint density at radius 1 is 1.14 bits per heavy atom. The number of fused-ring (bicyclic) bond motifs is 2. The summed E-state index contributed by atoms with van der Waals surface area (Å²) in [6, 6.07) is 6.25. The topological polar surface area (TPSA) is 89.9 Å². The lowest BCUT2D eigenvalue weighted by molar-refractivity contribution is 0.0790. The Balaban J connectivity index is 1.38. The van der Waals surface area contributed by atoms with E-state index in [-0.39, 0.29) is 11.8 Å². The lowest BCUT2D eigenvalue weighted by Crippen LogP contribution is -2.28. The fourth-order valence-corrected chi connectivity index (χ4v) is 4.70. The van der Waals surface area contributed by atoms with E-state index in [9.17, 15) is 4.79 Å². The van der Waals surface area contributed by atoms with Gasteiger partial charge in [0.2, 0.25) is 0 Å². The molecule has 3 aromatic rings. The molecule has 1 aliphatic heterocycles. The Bertz CT molecular complexity index is 1060. The summed E-state index contributed by atoms with van der Waals surface area (Å²) in [5, 5.41) is 4.76. The molecule has 2 aliphatic rings. The summed E-state index contributed by atoms with van der Waals surface area (Å²) >= 11 is 0. The van der Waals surface area contributed by atoms with Gasteiger partial charge in [0.05, 0.1) is 12.2 Å². The highest BCUT2D eigenvalue weighted by atomic mass is 16.2.